The van der Waals surface area contributed by atoms with Gasteiger partial charge in [-0.2, -0.15) is 13.2 Å². The number of amides is 1. The number of hydrogen-bond acceptors (Lipinski definition) is 5. The predicted molar refractivity (Wildman–Crippen MR) is 140 cm³/mol. The third-order valence-electron chi connectivity index (χ3n) is 6.21. The standard InChI is InChI=1S/C26H30N4O.C2HF3O2/c1-20-7-6-10-22(17-20)26(31)28-23-11-14-27-25(18-23)30-15-12-24(13-16-30)29(2)19-21-8-4-3-5-9-21;3-2(4,5)1(6)7/h3-11,14,17-18,24H,12-13,15-16,19H2,1-2H3,(H,27,28,31);(H,6,7). The van der Waals surface area contributed by atoms with E-state index in [4.69, 9.17) is 9.90 Å². The van der Waals surface area contributed by atoms with E-state index in [2.05, 4.69) is 57.5 Å². The van der Waals surface area contributed by atoms with E-state index in [0.29, 0.717) is 11.6 Å². The average molecular weight is 529 g/mol. The lowest BCUT2D eigenvalue weighted by Crippen LogP contribution is -2.43. The zero-order valence-electron chi connectivity index (χ0n) is 21.3. The molecule has 3 aromatic rings. The summed E-state index contributed by atoms with van der Waals surface area (Å²) in [5, 5.41) is 10.1. The number of nitrogens with one attached hydrogen (secondary N) is 1. The summed E-state index contributed by atoms with van der Waals surface area (Å²) in [6.07, 6.45) is -1.11. The maximum atomic E-state index is 12.6. The summed E-state index contributed by atoms with van der Waals surface area (Å²) >= 11 is 0. The minimum absolute atomic E-state index is 0.0953. The molecule has 2 heterocycles. The first-order chi connectivity index (χ1) is 18.0. The molecule has 7 nitrogen and oxygen atoms in total. The van der Waals surface area contributed by atoms with Crippen LogP contribution in [0.1, 0.15) is 34.3 Å². The third-order valence-corrected chi connectivity index (χ3v) is 6.21. The van der Waals surface area contributed by atoms with E-state index in [1.807, 2.05) is 43.3 Å². The Morgan fingerprint density at radius 3 is 2.32 bits per heavy atom. The fraction of sp³-hybridized carbons (Fsp3) is 0.321. The van der Waals surface area contributed by atoms with E-state index >= 15 is 0 Å². The molecule has 38 heavy (non-hydrogen) atoms. The molecule has 0 aliphatic carbocycles. The summed E-state index contributed by atoms with van der Waals surface area (Å²) in [5.41, 5.74) is 3.87. The second-order valence-electron chi connectivity index (χ2n) is 9.15. The Labute approximate surface area is 219 Å². The summed E-state index contributed by atoms with van der Waals surface area (Å²) < 4.78 is 31.7. The van der Waals surface area contributed by atoms with E-state index in [1.54, 1.807) is 6.20 Å². The van der Waals surface area contributed by atoms with Gasteiger partial charge in [-0.15, -0.1) is 0 Å². The van der Waals surface area contributed by atoms with E-state index in [1.165, 1.54) is 5.56 Å². The van der Waals surface area contributed by atoms with Crippen molar-refractivity contribution in [2.24, 2.45) is 0 Å². The van der Waals surface area contributed by atoms with Crippen molar-refractivity contribution in [1.29, 1.82) is 0 Å². The number of pyridine rings is 1. The Morgan fingerprint density at radius 1 is 1.05 bits per heavy atom. The normalized spacial score (nSPS) is 14.0. The van der Waals surface area contributed by atoms with Gasteiger partial charge in [-0.05, 0) is 50.6 Å². The van der Waals surface area contributed by atoms with Gasteiger partial charge >= 0.3 is 12.1 Å². The lowest BCUT2D eigenvalue weighted by atomic mass is 10.0. The van der Waals surface area contributed by atoms with Crippen LogP contribution in [0.2, 0.25) is 0 Å². The average Bonchev–Trinajstić information content (AvgIpc) is 2.89. The van der Waals surface area contributed by atoms with Crippen molar-refractivity contribution in [3.8, 4) is 0 Å². The van der Waals surface area contributed by atoms with Crippen LogP contribution in [0.5, 0.6) is 0 Å². The number of halogens is 3. The highest BCUT2D eigenvalue weighted by molar-refractivity contribution is 6.04. The van der Waals surface area contributed by atoms with Gasteiger partial charge in [0.1, 0.15) is 5.82 Å². The van der Waals surface area contributed by atoms with Crippen LogP contribution < -0.4 is 10.2 Å². The molecule has 4 rings (SSSR count). The van der Waals surface area contributed by atoms with Crippen LogP contribution in [-0.4, -0.2) is 59.2 Å². The topological polar surface area (TPSA) is 85.8 Å². The molecule has 2 N–H and O–H groups in total. The quantitative estimate of drug-likeness (QED) is 0.447. The molecule has 1 aromatic heterocycles. The van der Waals surface area contributed by atoms with Gasteiger partial charge in [0.05, 0.1) is 0 Å². The zero-order valence-corrected chi connectivity index (χ0v) is 21.3. The fourth-order valence-corrected chi connectivity index (χ4v) is 4.19. The largest absolute Gasteiger partial charge is 0.490 e. The molecular weight excluding hydrogens is 497 g/mol. The summed E-state index contributed by atoms with van der Waals surface area (Å²) in [5.74, 6) is -1.93. The first-order valence-electron chi connectivity index (χ1n) is 12.2. The van der Waals surface area contributed by atoms with Gasteiger partial charge < -0.3 is 15.3 Å². The second-order valence-corrected chi connectivity index (χ2v) is 9.15. The Kier molecular flexibility index (Phi) is 9.84. The van der Waals surface area contributed by atoms with Crippen LogP contribution in [0.3, 0.4) is 0 Å². The molecular formula is C28H31F3N4O3. The highest BCUT2D eigenvalue weighted by Crippen LogP contribution is 2.24. The smallest absolute Gasteiger partial charge is 0.475 e. The number of aliphatic carboxylic acids is 1. The van der Waals surface area contributed by atoms with Gasteiger partial charge in [-0.25, -0.2) is 9.78 Å². The second kappa shape index (κ2) is 13.0. The molecule has 0 radical (unpaired) electrons. The minimum Gasteiger partial charge on any atom is -0.475 e. The number of piperidine rings is 1. The van der Waals surface area contributed by atoms with E-state index < -0.39 is 12.1 Å². The van der Waals surface area contributed by atoms with Crippen molar-refractivity contribution in [1.82, 2.24) is 9.88 Å². The summed E-state index contributed by atoms with van der Waals surface area (Å²) in [4.78, 5) is 30.8. The first-order valence-corrected chi connectivity index (χ1v) is 12.2. The minimum atomic E-state index is -5.08. The molecule has 2 aromatic carbocycles. The lowest BCUT2D eigenvalue weighted by molar-refractivity contribution is -0.192. The first kappa shape index (κ1) is 28.6. The Bertz CT molecular complexity index is 1210. The van der Waals surface area contributed by atoms with Crippen LogP contribution in [0, 0.1) is 6.92 Å². The molecule has 1 saturated heterocycles. The third kappa shape index (κ3) is 8.58. The van der Waals surface area contributed by atoms with Crippen molar-refractivity contribution < 1.29 is 27.9 Å². The van der Waals surface area contributed by atoms with Gasteiger partial charge in [0.15, 0.2) is 0 Å². The molecule has 0 unspecified atom stereocenters. The van der Waals surface area contributed by atoms with Crippen LogP contribution >= 0.6 is 0 Å². The number of aromatic nitrogens is 1. The number of alkyl halides is 3. The number of carboxylic acids is 1. The maximum Gasteiger partial charge on any atom is 0.490 e. The zero-order chi connectivity index (χ0) is 27.7. The maximum absolute atomic E-state index is 12.6. The number of carbonyl (C=O) groups excluding carboxylic acids is 1. The van der Waals surface area contributed by atoms with Crippen molar-refractivity contribution in [2.45, 2.75) is 38.5 Å². The number of carbonyl (C=O) groups is 2. The molecule has 1 fully saturated rings. The fourth-order valence-electron chi connectivity index (χ4n) is 4.19. The Hall–Kier alpha value is -3.92. The SMILES string of the molecule is Cc1cccc(C(=O)Nc2ccnc(N3CCC(N(C)Cc4ccccc4)CC3)c2)c1.O=C(O)C(F)(F)F. The number of aryl methyl sites for hydroxylation is 1. The summed E-state index contributed by atoms with van der Waals surface area (Å²) in [6.45, 7) is 4.89. The van der Waals surface area contributed by atoms with Crippen LogP contribution in [0.15, 0.2) is 72.9 Å². The van der Waals surface area contributed by atoms with E-state index in [9.17, 15) is 18.0 Å². The summed E-state index contributed by atoms with van der Waals surface area (Å²) in [7, 11) is 2.22. The Balaban J connectivity index is 0.000000505. The van der Waals surface area contributed by atoms with Crippen molar-refractivity contribution >= 4 is 23.4 Å². The van der Waals surface area contributed by atoms with Gasteiger partial charge in [0, 0.05) is 49.2 Å². The van der Waals surface area contributed by atoms with Gasteiger partial charge in [-0.1, -0.05) is 48.0 Å². The van der Waals surface area contributed by atoms with Gasteiger partial charge in [0.25, 0.3) is 5.91 Å². The number of anilines is 2. The van der Waals surface area contributed by atoms with Gasteiger partial charge in [-0.3, -0.25) is 9.69 Å². The molecule has 1 aliphatic heterocycles. The molecule has 0 atom stereocenters. The van der Waals surface area contributed by atoms with Crippen LogP contribution in [0.4, 0.5) is 24.7 Å². The highest BCUT2D eigenvalue weighted by Gasteiger charge is 2.38. The highest BCUT2D eigenvalue weighted by atomic mass is 19.4. The lowest BCUT2D eigenvalue weighted by Gasteiger charge is -2.37. The molecule has 0 spiro atoms. The molecule has 202 valence electrons. The number of nitrogens with zero attached hydrogens (tertiary/aromatic N) is 3. The summed E-state index contributed by atoms with van der Waals surface area (Å²) in [6, 6.07) is 22.6. The van der Waals surface area contributed by atoms with Gasteiger partial charge in [0.2, 0.25) is 0 Å². The van der Waals surface area contributed by atoms with Crippen molar-refractivity contribution in [2.75, 3.05) is 30.4 Å². The molecule has 1 aliphatic rings. The number of rotatable bonds is 6. The van der Waals surface area contributed by atoms with Crippen LogP contribution in [0.25, 0.3) is 0 Å². The number of benzene rings is 2. The number of hydrogen-bond donors (Lipinski definition) is 2. The van der Waals surface area contributed by atoms with Crippen molar-refractivity contribution in [3.63, 3.8) is 0 Å². The number of carboxylic acid groups (broad SMARTS) is 1. The molecule has 0 bridgehead atoms. The predicted octanol–water partition coefficient (Wildman–Crippen LogP) is 5.38. The Morgan fingerprint density at radius 2 is 1.71 bits per heavy atom. The molecule has 10 heteroatoms. The molecule has 1 amide bonds. The van der Waals surface area contributed by atoms with Crippen LogP contribution in [-0.2, 0) is 11.3 Å². The monoisotopic (exact) mass is 528 g/mol. The van der Waals surface area contributed by atoms with E-state index in [-0.39, 0.29) is 5.91 Å². The molecule has 0 saturated carbocycles. The van der Waals surface area contributed by atoms with Crippen molar-refractivity contribution in [3.05, 3.63) is 89.6 Å². The van der Waals surface area contributed by atoms with E-state index in [0.717, 1.165) is 49.5 Å².